The lowest BCUT2D eigenvalue weighted by molar-refractivity contribution is 1.24. The maximum absolute atomic E-state index is 2.36. The Morgan fingerprint density at radius 3 is 0.642 bits per heavy atom. The summed E-state index contributed by atoms with van der Waals surface area (Å²) < 4.78 is 0. The number of aryl methyl sites for hydroxylation is 4. The molecule has 0 spiro atoms. The van der Waals surface area contributed by atoms with E-state index in [9.17, 15) is 0 Å². The fourth-order valence-corrected chi connectivity index (χ4v) is 13.4. The molecule has 0 saturated carbocycles. The Kier molecular flexibility index (Phi) is 22.4. The number of nitrogens with zero attached hydrogens (tertiary/aromatic N) is 2. The summed E-state index contributed by atoms with van der Waals surface area (Å²) in [7, 11) is 0. The molecule has 2 nitrogen and oxygen atoms in total. The molecule has 14 aromatic rings. The van der Waals surface area contributed by atoms with Crippen molar-refractivity contribution < 1.29 is 0 Å². The molecule has 0 aliphatic heterocycles. The van der Waals surface area contributed by atoms with E-state index < -0.39 is 0 Å². The lowest BCUT2D eigenvalue weighted by Crippen LogP contribution is -2.11. The van der Waals surface area contributed by atoms with Crippen LogP contribution in [0.1, 0.15) is 100 Å². The van der Waals surface area contributed by atoms with E-state index in [1.54, 1.807) is 0 Å². The molecule has 0 aromatic heterocycles. The molecule has 0 bridgehead atoms. The maximum Gasteiger partial charge on any atom is 0.0490 e. The van der Waals surface area contributed by atoms with Crippen molar-refractivity contribution in [2.45, 2.75) is 27.7 Å². The largest absolute Gasteiger partial charge is 0.310 e. The van der Waals surface area contributed by atoms with Crippen LogP contribution in [0, 0.1) is 27.7 Å². The van der Waals surface area contributed by atoms with Crippen molar-refractivity contribution in [1.82, 2.24) is 0 Å². The molecule has 0 unspecified atom stereocenters. The quantitative estimate of drug-likeness (QED) is 0.0465. The molecule has 0 aliphatic carbocycles. The Bertz CT molecular complexity index is 5050. The van der Waals surface area contributed by atoms with Crippen molar-refractivity contribution >= 4 is 106 Å². The summed E-state index contributed by atoms with van der Waals surface area (Å²) in [6, 6.07) is 126. The highest BCUT2D eigenvalue weighted by Crippen LogP contribution is 2.40. The van der Waals surface area contributed by atoms with Crippen LogP contribution in [-0.4, -0.2) is 0 Å². The van der Waals surface area contributed by atoms with Crippen molar-refractivity contribution in [3.8, 4) is 11.1 Å². The van der Waals surface area contributed by atoms with Gasteiger partial charge in [0.2, 0.25) is 0 Å². The van der Waals surface area contributed by atoms with Gasteiger partial charge in [-0.3, -0.25) is 0 Å². The van der Waals surface area contributed by atoms with Crippen LogP contribution >= 0.6 is 0 Å². The van der Waals surface area contributed by atoms with Crippen molar-refractivity contribution in [2.75, 3.05) is 9.80 Å². The predicted molar refractivity (Wildman–Crippen MR) is 460 cm³/mol. The highest BCUT2D eigenvalue weighted by atomic mass is 15.1. The topological polar surface area (TPSA) is 6.48 Å². The Balaban J connectivity index is 0.586. The van der Waals surface area contributed by atoms with Gasteiger partial charge >= 0.3 is 0 Å². The lowest BCUT2D eigenvalue weighted by atomic mass is 9.97. The van der Waals surface area contributed by atoms with Crippen molar-refractivity contribution in [3.63, 3.8) is 0 Å². The minimum Gasteiger partial charge on any atom is -0.310 e. The summed E-state index contributed by atoms with van der Waals surface area (Å²) in [5.74, 6) is 0. The van der Waals surface area contributed by atoms with E-state index in [-0.39, 0.29) is 0 Å². The molecule has 0 amide bonds. The number of rotatable bonds is 23. The molecular formula is C104H84N2. The van der Waals surface area contributed by atoms with Crippen LogP contribution in [0.3, 0.4) is 0 Å². The van der Waals surface area contributed by atoms with Gasteiger partial charge in [0.05, 0.1) is 0 Å². The first-order valence-electron chi connectivity index (χ1n) is 36.4. The van der Waals surface area contributed by atoms with Crippen molar-refractivity contribution in [2.24, 2.45) is 0 Å². The van der Waals surface area contributed by atoms with Crippen molar-refractivity contribution in [1.29, 1.82) is 0 Å². The van der Waals surface area contributed by atoms with E-state index in [1.165, 1.54) is 66.8 Å². The SMILES string of the molecule is Cc1ccc(N(c2ccc(/C=C/c3ccc(/C=C/C=C(c4ccccc4)c4ccccc4)cc3)cc2)c2ccc(/C=C/c3ccc(-c4ccc(/C=C/c5ccc(N(c6ccc(/C=C/c7ccc(/C=C/C=C(c8ccccc8)c8ccccc8)cc7)cc6)c6ccc(C)cc6C)cc5)cc4)cc3)cc2)c(C)c1. The highest BCUT2D eigenvalue weighted by molar-refractivity contribution is 5.86. The van der Waals surface area contributed by atoms with Gasteiger partial charge in [-0.15, -0.1) is 0 Å². The number of benzene rings is 14. The highest BCUT2D eigenvalue weighted by Gasteiger charge is 2.17. The van der Waals surface area contributed by atoms with Crippen LogP contribution in [0.4, 0.5) is 34.1 Å². The maximum atomic E-state index is 2.36. The summed E-state index contributed by atoms with van der Waals surface area (Å²) in [5, 5.41) is 0. The molecule has 0 radical (unpaired) electrons. The van der Waals surface area contributed by atoms with Gasteiger partial charge in [-0.25, -0.2) is 0 Å². The van der Waals surface area contributed by atoms with Crippen LogP contribution in [-0.2, 0) is 0 Å². The van der Waals surface area contributed by atoms with E-state index in [2.05, 4.69) is 474 Å². The second kappa shape index (κ2) is 34.0. The first-order chi connectivity index (χ1) is 52.1. The number of hydrogen-bond acceptors (Lipinski definition) is 2. The van der Waals surface area contributed by atoms with E-state index in [0.29, 0.717) is 0 Å². The average molecular weight is 1360 g/mol. The van der Waals surface area contributed by atoms with Gasteiger partial charge < -0.3 is 9.80 Å². The number of allylic oxidation sites excluding steroid dienone is 4. The molecule has 106 heavy (non-hydrogen) atoms. The second-order valence-electron chi connectivity index (χ2n) is 26.9. The van der Waals surface area contributed by atoms with E-state index in [1.807, 2.05) is 0 Å². The molecular weight excluding hydrogens is 1280 g/mol. The summed E-state index contributed by atoms with van der Waals surface area (Å²) in [6.07, 6.45) is 30.5. The Labute approximate surface area is 626 Å². The number of anilines is 6. The summed E-state index contributed by atoms with van der Waals surface area (Å²) >= 11 is 0. The monoisotopic (exact) mass is 1360 g/mol. The van der Waals surface area contributed by atoms with Crippen LogP contribution in [0.2, 0.25) is 0 Å². The van der Waals surface area contributed by atoms with Gasteiger partial charge in [0.15, 0.2) is 0 Å². The molecule has 0 atom stereocenters. The Morgan fingerprint density at radius 2 is 0.415 bits per heavy atom. The van der Waals surface area contributed by atoms with Crippen molar-refractivity contribution in [3.05, 3.63) is 476 Å². The molecule has 0 N–H and O–H groups in total. The van der Waals surface area contributed by atoms with Gasteiger partial charge in [0, 0.05) is 34.1 Å². The smallest absolute Gasteiger partial charge is 0.0490 e. The average Bonchev–Trinajstić information content (AvgIpc) is 0.798. The lowest BCUT2D eigenvalue weighted by Gasteiger charge is -2.27. The molecule has 0 aliphatic rings. The predicted octanol–water partition coefficient (Wildman–Crippen LogP) is 28.5. The summed E-state index contributed by atoms with van der Waals surface area (Å²) in [6.45, 7) is 8.70. The molecule has 0 fully saturated rings. The molecule has 14 aromatic carbocycles. The molecule has 0 heterocycles. The Morgan fingerprint density at radius 1 is 0.208 bits per heavy atom. The summed E-state index contributed by atoms with van der Waals surface area (Å²) in [5.41, 5.74) is 32.6. The summed E-state index contributed by atoms with van der Waals surface area (Å²) in [4.78, 5) is 4.71. The van der Waals surface area contributed by atoms with Crippen LogP contribution in [0.15, 0.2) is 376 Å². The third kappa shape index (κ3) is 18.1. The molecule has 0 saturated heterocycles. The Hall–Kier alpha value is -13.4. The zero-order chi connectivity index (χ0) is 72.2. The van der Waals surface area contributed by atoms with E-state index in [4.69, 9.17) is 0 Å². The van der Waals surface area contributed by atoms with Crippen LogP contribution < -0.4 is 9.80 Å². The minimum atomic E-state index is 1.10. The van der Waals surface area contributed by atoms with Gasteiger partial charge in [-0.1, -0.05) is 387 Å². The zero-order valence-electron chi connectivity index (χ0n) is 60.5. The van der Waals surface area contributed by atoms with Crippen LogP contribution in [0.5, 0.6) is 0 Å². The second-order valence-corrected chi connectivity index (χ2v) is 26.9. The van der Waals surface area contributed by atoms with Gasteiger partial charge in [0.1, 0.15) is 0 Å². The minimum absolute atomic E-state index is 1.10. The van der Waals surface area contributed by atoms with Gasteiger partial charge in [0.25, 0.3) is 0 Å². The standard InChI is InChI=1S/C104H84N2/c1-77-31-73-103(79(3)75-77)105(97-65-53-87(54-66-97)45-41-83-37-33-81(34-38-83)19-17-29-101(93-21-9-5-10-22-93)94-23-11-6-12-24-94)99-69-57-89(58-70-99)47-43-85-49-61-91(62-50-85)92-63-51-86(52-64-92)44-48-90-59-71-100(72-60-90)106(104-74-32-78(2)76-80(104)4)98-67-55-88(56-68-98)46-42-84-39-35-82(36-40-84)20-18-30-102(95-25-13-7-14-26-95)96-27-15-8-16-28-96/h5-76H,1-4H3/b19-17+,20-18+,45-41+,46-42+,47-43+,48-44+. The zero-order valence-corrected chi connectivity index (χ0v) is 60.5. The molecule has 510 valence electrons. The number of hydrogen-bond donors (Lipinski definition) is 0. The first kappa shape index (κ1) is 69.7. The third-order valence-electron chi connectivity index (χ3n) is 19.1. The fraction of sp³-hybridized carbons (Fsp3) is 0.0385. The molecule has 14 rings (SSSR count). The fourth-order valence-electron chi connectivity index (χ4n) is 13.4. The van der Waals surface area contributed by atoms with Gasteiger partial charge in [-0.2, -0.15) is 0 Å². The third-order valence-corrected chi connectivity index (χ3v) is 19.1. The van der Waals surface area contributed by atoms with Gasteiger partial charge in [-0.05, 0) is 200 Å². The van der Waals surface area contributed by atoms with Crippen LogP contribution in [0.25, 0.3) is 83.0 Å². The molecule has 2 heteroatoms. The van der Waals surface area contributed by atoms with E-state index >= 15 is 0 Å². The first-order valence-corrected chi connectivity index (χ1v) is 36.4. The normalized spacial score (nSPS) is 11.5. The van der Waals surface area contributed by atoms with E-state index in [0.717, 1.165) is 89.8 Å².